The number of rotatable bonds is 3. The minimum atomic E-state index is -0.463. The van der Waals surface area contributed by atoms with Crippen molar-refractivity contribution >= 4 is 27.5 Å². The third-order valence-corrected chi connectivity index (χ3v) is 4.08. The molecule has 1 fully saturated rings. The van der Waals surface area contributed by atoms with Crippen molar-refractivity contribution < 1.29 is 9.72 Å². The summed E-state index contributed by atoms with van der Waals surface area (Å²) in [7, 11) is 0. The predicted octanol–water partition coefficient (Wildman–Crippen LogP) is 2.90. The summed E-state index contributed by atoms with van der Waals surface area (Å²) in [6, 6.07) is 4.73. The highest BCUT2D eigenvalue weighted by Gasteiger charge is 2.29. The molecule has 1 unspecified atom stereocenters. The van der Waals surface area contributed by atoms with Gasteiger partial charge in [-0.3, -0.25) is 14.9 Å². The van der Waals surface area contributed by atoms with E-state index < -0.39 is 4.92 Å². The molecular formula is C13H15BrN2O3. The number of hydrogen-bond donors (Lipinski definition) is 0. The van der Waals surface area contributed by atoms with Crippen LogP contribution in [0.5, 0.6) is 0 Å². The Morgan fingerprint density at radius 3 is 2.89 bits per heavy atom. The van der Waals surface area contributed by atoms with Gasteiger partial charge in [-0.25, -0.2) is 0 Å². The molecule has 0 radical (unpaired) electrons. The first-order chi connectivity index (χ1) is 9.02. The second-order valence-corrected chi connectivity index (χ2v) is 5.41. The third-order valence-electron chi connectivity index (χ3n) is 3.34. The number of carbonyl (C=O) groups is 1. The highest BCUT2D eigenvalue weighted by molar-refractivity contribution is 9.09. The molecule has 0 bridgehead atoms. The molecule has 102 valence electrons. The van der Waals surface area contributed by atoms with Gasteiger partial charge in [-0.15, -0.1) is 0 Å². The quantitative estimate of drug-likeness (QED) is 0.487. The summed E-state index contributed by atoms with van der Waals surface area (Å²) in [6.45, 7) is 2.48. The second-order valence-electron chi connectivity index (χ2n) is 4.76. The van der Waals surface area contributed by atoms with E-state index in [9.17, 15) is 14.9 Å². The molecule has 1 aromatic carbocycles. The summed E-state index contributed by atoms with van der Waals surface area (Å²) in [4.78, 5) is 24.6. The maximum absolute atomic E-state index is 12.4. The number of alkyl halides is 1. The lowest BCUT2D eigenvalue weighted by molar-refractivity contribution is -0.384. The van der Waals surface area contributed by atoms with Crippen molar-refractivity contribution in [2.75, 3.05) is 11.9 Å². The second kappa shape index (κ2) is 5.69. The minimum Gasteiger partial charge on any atom is -0.335 e. The number of aryl methyl sites for hydroxylation is 1. The van der Waals surface area contributed by atoms with E-state index in [0.29, 0.717) is 5.56 Å². The van der Waals surface area contributed by atoms with Gasteiger partial charge in [0.25, 0.3) is 11.6 Å². The summed E-state index contributed by atoms with van der Waals surface area (Å²) in [6.07, 6.45) is 1.96. The highest BCUT2D eigenvalue weighted by Crippen LogP contribution is 2.24. The van der Waals surface area contributed by atoms with Gasteiger partial charge in [0, 0.05) is 35.6 Å². The average molecular weight is 327 g/mol. The first kappa shape index (κ1) is 14.0. The van der Waals surface area contributed by atoms with Gasteiger partial charge in [0.15, 0.2) is 0 Å². The summed E-state index contributed by atoms with van der Waals surface area (Å²) < 4.78 is 0. The lowest BCUT2D eigenvalue weighted by atomic mass is 10.1. The van der Waals surface area contributed by atoms with Crippen LogP contribution in [0.25, 0.3) is 0 Å². The van der Waals surface area contributed by atoms with E-state index in [1.165, 1.54) is 12.1 Å². The SMILES string of the molecule is Cc1cc(C(=O)N2CCCC2CBr)cc([N+](=O)[O-])c1. The van der Waals surface area contributed by atoms with Gasteiger partial charge in [-0.05, 0) is 31.4 Å². The number of non-ortho nitro benzene ring substituents is 1. The van der Waals surface area contributed by atoms with Gasteiger partial charge >= 0.3 is 0 Å². The fourth-order valence-electron chi connectivity index (χ4n) is 2.42. The summed E-state index contributed by atoms with van der Waals surface area (Å²) in [5.41, 5.74) is 1.10. The number of carbonyl (C=O) groups excluding carboxylic acids is 1. The van der Waals surface area contributed by atoms with Crippen molar-refractivity contribution in [3.05, 3.63) is 39.4 Å². The number of nitro benzene ring substituents is 1. The first-order valence-corrected chi connectivity index (χ1v) is 7.28. The number of benzene rings is 1. The van der Waals surface area contributed by atoms with Crippen LogP contribution in [0.4, 0.5) is 5.69 Å². The number of halogens is 1. The van der Waals surface area contributed by atoms with Crippen molar-refractivity contribution in [3.63, 3.8) is 0 Å². The number of hydrogen-bond acceptors (Lipinski definition) is 3. The molecule has 1 heterocycles. The Kier molecular flexibility index (Phi) is 4.19. The van der Waals surface area contributed by atoms with E-state index in [0.717, 1.165) is 30.3 Å². The highest BCUT2D eigenvalue weighted by atomic mass is 79.9. The third kappa shape index (κ3) is 2.94. The number of nitro groups is 1. The van der Waals surface area contributed by atoms with Crippen LogP contribution in [0.2, 0.25) is 0 Å². The lowest BCUT2D eigenvalue weighted by Gasteiger charge is -2.23. The fraction of sp³-hybridized carbons (Fsp3) is 0.462. The maximum atomic E-state index is 12.4. The first-order valence-electron chi connectivity index (χ1n) is 6.16. The maximum Gasteiger partial charge on any atom is 0.270 e. The molecule has 1 amide bonds. The lowest BCUT2D eigenvalue weighted by Crippen LogP contribution is -2.36. The smallest absolute Gasteiger partial charge is 0.270 e. The van der Waals surface area contributed by atoms with Crippen LogP contribution in [0.1, 0.15) is 28.8 Å². The van der Waals surface area contributed by atoms with Gasteiger partial charge in [0.1, 0.15) is 0 Å². The van der Waals surface area contributed by atoms with Crippen LogP contribution in [-0.2, 0) is 0 Å². The van der Waals surface area contributed by atoms with Crippen LogP contribution >= 0.6 is 15.9 Å². The zero-order valence-corrected chi connectivity index (χ0v) is 12.2. The van der Waals surface area contributed by atoms with Crippen molar-refractivity contribution in [2.24, 2.45) is 0 Å². The van der Waals surface area contributed by atoms with Gasteiger partial charge in [0.2, 0.25) is 0 Å². The van der Waals surface area contributed by atoms with Crippen molar-refractivity contribution in [2.45, 2.75) is 25.8 Å². The largest absolute Gasteiger partial charge is 0.335 e. The molecule has 1 saturated heterocycles. The zero-order valence-electron chi connectivity index (χ0n) is 10.6. The van der Waals surface area contributed by atoms with Crippen molar-refractivity contribution in [1.82, 2.24) is 4.90 Å². The minimum absolute atomic E-state index is 0.0297. The molecule has 19 heavy (non-hydrogen) atoms. The summed E-state index contributed by atoms with van der Waals surface area (Å²) in [5.74, 6) is -0.117. The van der Waals surface area contributed by atoms with E-state index in [1.807, 2.05) is 0 Å². The molecule has 0 aromatic heterocycles. The van der Waals surface area contributed by atoms with Crippen molar-refractivity contribution in [1.29, 1.82) is 0 Å². The van der Waals surface area contributed by atoms with E-state index in [4.69, 9.17) is 0 Å². The Morgan fingerprint density at radius 1 is 1.53 bits per heavy atom. The molecule has 1 aliphatic heterocycles. The Hall–Kier alpha value is -1.43. The molecule has 0 spiro atoms. The molecule has 1 aromatic rings. The molecule has 1 atom stereocenters. The van der Waals surface area contributed by atoms with Crippen LogP contribution in [0.15, 0.2) is 18.2 Å². The van der Waals surface area contributed by atoms with Gasteiger partial charge in [-0.1, -0.05) is 15.9 Å². The fourth-order valence-corrected chi connectivity index (χ4v) is 3.09. The normalized spacial score (nSPS) is 18.6. The molecular weight excluding hydrogens is 312 g/mol. The Labute approximate surface area is 119 Å². The molecule has 2 rings (SSSR count). The average Bonchev–Trinajstić information content (AvgIpc) is 2.85. The molecule has 0 saturated carbocycles. The number of amides is 1. The van der Waals surface area contributed by atoms with Crippen LogP contribution in [0, 0.1) is 17.0 Å². The van der Waals surface area contributed by atoms with Gasteiger partial charge < -0.3 is 4.90 Å². The zero-order chi connectivity index (χ0) is 14.0. The van der Waals surface area contributed by atoms with Crippen LogP contribution in [0.3, 0.4) is 0 Å². The van der Waals surface area contributed by atoms with E-state index >= 15 is 0 Å². The van der Waals surface area contributed by atoms with Gasteiger partial charge in [0.05, 0.1) is 4.92 Å². The van der Waals surface area contributed by atoms with Crippen LogP contribution < -0.4 is 0 Å². The van der Waals surface area contributed by atoms with Crippen LogP contribution in [-0.4, -0.2) is 33.6 Å². The number of likely N-dealkylation sites (tertiary alicyclic amines) is 1. The molecule has 0 N–H and O–H groups in total. The predicted molar refractivity (Wildman–Crippen MR) is 75.7 cm³/mol. The van der Waals surface area contributed by atoms with Crippen molar-refractivity contribution in [3.8, 4) is 0 Å². The Balaban J connectivity index is 2.30. The van der Waals surface area contributed by atoms with E-state index in [2.05, 4.69) is 15.9 Å². The topological polar surface area (TPSA) is 63.5 Å². The molecule has 1 aliphatic rings. The monoisotopic (exact) mass is 326 g/mol. The Bertz CT molecular complexity index is 519. The van der Waals surface area contributed by atoms with Gasteiger partial charge in [-0.2, -0.15) is 0 Å². The standard InChI is InChI=1S/C13H15BrN2O3/c1-9-5-10(7-12(6-9)16(18)19)13(17)15-4-2-3-11(15)8-14/h5-7,11H,2-4,8H2,1H3. The molecule has 6 heteroatoms. The Morgan fingerprint density at radius 2 is 2.26 bits per heavy atom. The molecule has 5 nitrogen and oxygen atoms in total. The molecule has 0 aliphatic carbocycles. The number of nitrogens with zero attached hydrogens (tertiary/aromatic N) is 2. The summed E-state index contributed by atoms with van der Waals surface area (Å²) in [5, 5.41) is 11.6. The van der Waals surface area contributed by atoms with E-state index in [1.54, 1.807) is 17.9 Å². The summed E-state index contributed by atoms with van der Waals surface area (Å²) >= 11 is 3.41. The van der Waals surface area contributed by atoms with E-state index in [-0.39, 0.29) is 17.6 Å².